The van der Waals surface area contributed by atoms with E-state index < -0.39 is 86.4 Å². The summed E-state index contributed by atoms with van der Waals surface area (Å²) in [6.45, 7) is 3.65. The van der Waals surface area contributed by atoms with Gasteiger partial charge >= 0.3 is 11.9 Å². The van der Waals surface area contributed by atoms with Crippen LogP contribution in [0.1, 0.15) is 117 Å². The molecule has 0 radical (unpaired) electrons. The van der Waals surface area contributed by atoms with E-state index >= 15 is 0 Å². The number of aliphatic hydroxyl groups excluding tert-OH is 6. The van der Waals surface area contributed by atoms with Gasteiger partial charge in [-0.05, 0) is 26.7 Å². The van der Waals surface area contributed by atoms with Crippen LogP contribution in [0.3, 0.4) is 0 Å². The standard InChI is InChI=1S/C33H60O13/c1-21(35)17-15-13-11-9-7-5-4-6-8-10-12-14-16-18-26(37)45-32-25(20-42-23(3)36)44-33(30(41)29(32)40)46-31-22(2)43-24(19-34)27(38)28(31)39/h21-22,24-25,27-35,38-41H,4-20H2,1-3H3/t21?,22?,24?,25?,27-,28?,29?,30+,31-,32-,33+/m1/s1. The summed E-state index contributed by atoms with van der Waals surface area (Å²) in [5, 5.41) is 61.1. The maximum Gasteiger partial charge on any atom is 0.306 e. The van der Waals surface area contributed by atoms with E-state index in [1.54, 1.807) is 6.92 Å². The van der Waals surface area contributed by atoms with E-state index in [0.29, 0.717) is 6.42 Å². The number of hydrogen-bond donors (Lipinski definition) is 6. The number of unbranched alkanes of at least 4 members (excludes halogenated alkanes) is 12. The van der Waals surface area contributed by atoms with Crippen molar-refractivity contribution in [2.75, 3.05) is 13.2 Å². The summed E-state index contributed by atoms with van der Waals surface area (Å²) in [7, 11) is 0. The highest BCUT2D eigenvalue weighted by Gasteiger charge is 2.51. The zero-order valence-corrected chi connectivity index (χ0v) is 27.9. The molecule has 13 nitrogen and oxygen atoms in total. The SMILES string of the molecule is CC(=O)OCC1O[C@@H](O[C@@H]2C(C)OC(CO)[C@@H](O)C2O)[C@@H](O)C(O)[C@@H]1OC(=O)CCCCCCCCCCCCCCCC(C)O. The van der Waals surface area contributed by atoms with Crippen LogP contribution in [-0.4, -0.2) is 123 Å². The van der Waals surface area contributed by atoms with Crippen molar-refractivity contribution < 1.29 is 63.9 Å². The van der Waals surface area contributed by atoms with Crippen LogP contribution < -0.4 is 0 Å². The molecule has 0 saturated carbocycles. The number of hydrogen-bond acceptors (Lipinski definition) is 13. The van der Waals surface area contributed by atoms with Crippen molar-refractivity contribution in [2.24, 2.45) is 0 Å². The average molecular weight is 665 g/mol. The van der Waals surface area contributed by atoms with E-state index in [4.69, 9.17) is 23.7 Å². The molecule has 13 heteroatoms. The van der Waals surface area contributed by atoms with Gasteiger partial charge in [-0.15, -0.1) is 0 Å². The van der Waals surface area contributed by atoms with Gasteiger partial charge in [0.2, 0.25) is 0 Å². The fourth-order valence-electron chi connectivity index (χ4n) is 5.98. The van der Waals surface area contributed by atoms with Gasteiger partial charge in [-0.1, -0.05) is 77.0 Å². The predicted octanol–water partition coefficient (Wildman–Crippen LogP) is 2.03. The Morgan fingerprint density at radius 2 is 1.24 bits per heavy atom. The van der Waals surface area contributed by atoms with Crippen molar-refractivity contribution in [3.63, 3.8) is 0 Å². The molecular formula is C33H60O13. The van der Waals surface area contributed by atoms with Crippen LogP contribution in [0.2, 0.25) is 0 Å². The Balaban J connectivity index is 1.71. The van der Waals surface area contributed by atoms with Gasteiger partial charge in [-0.2, -0.15) is 0 Å². The fourth-order valence-corrected chi connectivity index (χ4v) is 5.98. The zero-order chi connectivity index (χ0) is 34.1. The number of rotatable bonds is 22. The molecule has 0 aromatic carbocycles. The lowest BCUT2D eigenvalue weighted by atomic mass is 9.95. The molecule has 270 valence electrons. The van der Waals surface area contributed by atoms with Gasteiger partial charge < -0.3 is 54.3 Å². The van der Waals surface area contributed by atoms with Crippen LogP contribution in [0.5, 0.6) is 0 Å². The molecule has 0 aromatic rings. The largest absolute Gasteiger partial charge is 0.463 e. The summed E-state index contributed by atoms with van der Waals surface area (Å²) in [6.07, 6.45) is 1.83. The van der Waals surface area contributed by atoms with Crippen molar-refractivity contribution in [1.29, 1.82) is 0 Å². The highest BCUT2D eigenvalue weighted by molar-refractivity contribution is 5.69. The topological polar surface area (TPSA) is 202 Å². The maximum absolute atomic E-state index is 12.7. The van der Waals surface area contributed by atoms with E-state index in [1.807, 2.05) is 6.92 Å². The van der Waals surface area contributed by atoms with Gasteiger partial charge in [-0.3, -0.25) is 9.59 Å². The Labute approximate surface area is 273 Å². The predicted molar refractivity (Wildman–Crippen MR) is 166 cm³/mol. The average Bonchev–Trinajstić information content (AvgIpc) is 3.01. The molecular weight excluding hydrogens is 604 g/mol. The van der Waals surface area contributed by atoms with Crippen LogP contribution in [0.15, 0.2) is 0 Å². The van der Waals surface area contributed by atoms with E-state index in [-0.39, 0.29) is 12.5 Å². The second-order valence-electron chi connectivity index (χ2n) is 12.9. The van der Waals surface area contributed by atoms with Crippen LogP contribution >= 0.6 is 0 Å². The van der Waals surface area contributed by atoms with E-state index in [0.717, 1.165) is 38.5 Å². The van der Waals surface area contributed by atoms with Gasteiger partial charge in [0.15, 0.2) is 12.4 Å². The first-order chi connectivity index (χ1) is 22.0. The Hall–Kier alpha value is -1.42. The summed E-state index contributed by atoms with van der Waals surface area (Å²) >= 11 is 0. The van der Waals surface area contributed by atoms with Gasteiger partial charge in [0.1, 0.15) is 49.3 Å². The van der Waals surface area contributed by atoms with Crippen molar-refractivity contribution in [1.82, 2.24) is 0 Å². The third-order valence-corrected chi connectivity index (χ3v) is 8.75. The molecule has 0 spiro atoms. The third-order valence-electron chi connectivity index (χ3n) is 8.75. The molecule has 2 aliphatic heterocycles. The highest BCUT2D eigenvalue weighted by Crippen LogP contribution is 2.30. The van der Waals surface area contributed by atoms with Gasteiger partial charge in [-0.25, -0.2) is 0 Å². The lowest BCUT2D eigenvalue weighted by Crippen LogP contribution is -2.64. The minimum absolute atomic E-state index is 0.115. The molecule has 2 aliphatic rings. The molecule has 0 aliphatic carbocycles. The second kappa shape index (κ2) is 22.3. The second-order valence-corrected chi connectivity index (χ2v) is 12.9. The first kappa shape index (κ1) is 40.8. The summed E-state index contributed by atoms with van der Waals surface area (Å²) in [5.41, 5.74) is 0. The minimum atomic E-state index is -1.71. The Bertz CT molecular complexity index is 842. The fraction of sp³-hybridized carbons (Fsp3) is 0.939. The highest BCUT2D eigenvalue weighted by atomic mass is 16.7. The van der Waals surface area contributed by atoms with E-state index in [9.17, 15) is 40.2 Å². The van der Waals surface area contributed by atoms with Gasteiger partial charge in [0, 0.05) is 13.3 Å². The molecule has 0 amide bonds. The van der Waals surface area contributed by atoms with Gasteiger partial charge in [0.05, 0.1) is 18.8 Å². The first-order valence-corrected chi connectivity index (χ1v) is 17.3. The normalized spacial score (nSPS) is 32.2. The molecule has 6 unspecified atom stereocenters. The van der Waals surface area contributed by atoms with Crippen LogP contribution in [0.4, 0.5) is 0 Å². The lowest BCUT2D eigenvalue weighted by Gasteiger charge is -2.46. The molecule has 11 atom stereocenters. The number of carbonyl (C=O) groups is 2. The molecule has 2 rings (SSSR count). The van der Waals surface area contributed by atoms with Crippen molar-refractivity contribution in [3.8, 4) is 0 Å². The smallest absolute Gasteiger partial charge is 0.306 e. The number of ether oxygens (including phenoxy) is 5. The molecule has 2 saturated heterocycles. The molecule has 2 heterocycles. The summed E-state index contributed by atoms with van der Waals surface area (Å²) in [6, 6.07) is 0. The van der Waals surface area contributed by atoms with Crippen LogP contribution in [0.25, 0.3) is 0 Å². The Morgan fingerprint density at radius 1 is 0.717 bits per heavy atom. The first-order valence-electron chi connectivity index (χ1n) is 17.3. The zero-order valence-electron chi connectivity index (χ0n) is 27.9. The summed E-state index contributed by atoms with van der Waals surface area (Å²) in [4.78, 5) is 24.1. The molecule has 0 bridgehead atoms. The molecule has 46 heavy (non-hydrogen) atoms. The number of carbonyl (C=O) groups excluding carboxylic acids is 2. The lowest BCUT2D eigenvalue weighted by molar-refractivity contribution is -0.341. The third kappa shape index (κ3) is 14.4. The van der Waals surface area contributed by atoms with Gasteiger partial charge in [0.25, 0.3) is 0 Å². The monoisotopic (exact) mass is 664 g/mol. The number of aliphatic hydroxyl groups is 6. The minimum Gasteiger partial charge on any atom is -0.463 e. The summed E-state index contributed by atoms with van der Waals surface area (Å²) in [5.74, 6) is -1.21. The van der Waals surface area contributed by atoms with Crippen LogP contribution in [-0.2, 0) is 33.3 Å². The van der Waals surface area contributed by atoms with Crippen molar-refractivity contribution in [2.45, 2.75) is 184 Å². The molecule has 2 fully saturated rings. The summed E-state index contributed by atoms with van der Waals surface area (Å²) < 4.78 is 27.5. The maximum atomic E-state index is 12.7. The molecule has 0 aromatic heterocycles. The van der Waals surface area contributed by atoms with Crippen LogP contribution in [0, 0.1) is 0 Å². The quantitative estimate of drug-likeness (QED) is 0.0726. The Kier molecular flexibility index (Phi) is 19.7. The molecule has 6 N–H and O–H groups in total. The van der Waals surface area contributed by atoms with E-state index in [2.05, 4.69) is 0 Å². The van der Waals surface area contributed by atoms with E-state index in [1.165, 1.54) is 51.9 Å². The van der Waals surface area contributed by atoms with Crippen molar-refractivity contribution in [3.05, 3.63) is 0 Å². The number of esters is 2. The van der Waals surface area contributed by atoms with Crippen molar-refractivity contribution >= 4 is 11.9 Å². The Morgan fingerprint density at radius 3 is 1.76 bits per heavy atom.